The molecule has 0 fully saturated rings. The van der Waals surface area contributed by atoms with Gasteiger partial charge in [0.15, 0.2) is 4.98 Å². The minimum Gasteiger partial charge on any atom is -0.324 e. The van der Waals surface area contributed by atoms with E-state index < -0.39 is 0 Å². The van der Waals surface area contributed by atoms with Gasteiger partial charge in [-0.1, -0.05) is 23.2 Å². The zero-order valence-electron chi connectivity index (χ0n) is 11.1. The first-order valence-electron chi connectivity index (χ1n) is 6.28. The summed E-state index contributed by atoms with van der Waals surface area (Å²) in [6.07, 6.45) is 0.608. The highest BCUT2D eigenvalue weighted by molar-refractivity contribution is 6.41. The van der Waals surface area contributed by atoms with Gasteiger partial charge in [-0.05, 0) is 34.4 Å². The molecule has 1 aliphatic carbocycles. The van der Waals surface area contributed by atoms with Gasteiger partial charge in [-0.3, -0.25) is 4.79 Å². The summed E-state index contributed by atoms with van der Waals surface area (Å²) in [5.74, 6) is -0.226. The third kappa shape index (κ3) is 2.25. The molecule has 0 heterocycles. The van der Waals surface area contributed by atoms with Crippen LogP contribution in [-0.2, 0) is 11.2 Å². The van der Waals surface area contributed by atoms with Crippen LogP contribution in [0, 0.1) is 5.39 Å². The lowest BCUT2D eigenvalue weighted by molar-refractivity contribution is -0.114. The molecule has 0 bridgehead atoms. The van der Waals surface area contributed by atoms with Gasteiger partial charge < -0.3 is 5.32 Å². The maximum atomic E-state index is 11.3. The molecule has 3 rings (SSSR count). The number of carbonyl (C=O) groups is 1. The van der Waals surface area contributed by atoms with E-state index in [1.807, 2.05) is 6.07 Å². The van der Waals surface area contributed by atoms with Crippen LogP contribution in [0.15, 0.2) is 24.3 Å². The maximum Gasteiger partial charge on any atom is 0.385 e. The minimum absolute atomic E-state index is 0.226. The largest absolute Gasteiger partial charge is 0.385 e. The Kier molecular flexibility index (Phi) is 3.32. The first-order valence-corrected chi connectivity index (χ1v) is 7.03. The normalized spacial score (nSPS) is 11.5. The van der Waals surface area contributed by atoms with E-state index in [9.17, 15) is 4.79 Å². The molecule has 0 spiro atoms. The van der Waals surface area contributed by atoms with E-state index in [2.05, 4.69) is 10.3 Å². The van der Waals surface area contributed by atoms with Crippen molar-refractivity contribution >= 4 is 40.5 Å². The van der Waals surface area contributed by atoms with E-state index in [0.29, 0.717) is 27.8 Å². The van der Waals surface area contributed by atoms with Crippen molar-refractivity contribution in [1.29, 1.82) is 5.39 Å². The van der Waals surface area contributed by atoms with Crippen LogP contribution in [0.2, 0.25) is 10.0 Å². The van der Waals surface area contributed by atoms with Crippen molar-refractivity contribution in [3.05, 3.63) is 50.4 Å². The number of diazo groups is 1. The second-order valence-corrected chi connectivity index (χ2v) is 5.66. The van der Waals surface area contributed by atoms with Gasteiger partial charge >= 0.3 is 5.69 Å². The van der Waals surface area contributed by atoms with Gasteiger partial charge in [-0.15, -0.1) is 0 Å². The van der Waals surface area contributed by atoms with Gasteiger partial charge in [0.05, 0.1) is 15.7 Å². The standard InChI is InChI=1S/C15H9Cl2N3O/c1-7(21)19-15-13(16)6-11-10-3-2-9(20-18)4-8(10)5-12(11)14(15)17/h2-4,6H,5H2,1H3/p+1. The van der Waals surface area contributed by atoms with Gasteiger partial charge in [0, 0.05) is 25.5 Å². The van der Waals surface area contributed by atoms with Crippen molar-refractivity contribution in [2.75, 3.05) is 5.32 Å². The Morgan fingerprint density at radius 1 is 1.29 bits per heavy atom. The molecule has 1 aliphatic rings. The molecule has 2 aromatic carbocycles. The maximum absolute atomic E-state index is 11.3. The molecule has 0 radical (unpaired) electrons. The SMILES string of the molecule is CC(=O)Nc1c(Cl)cc2c(c1Cl)Cc1cc([N+]#N)ccc1-2. The fraction of sp³-hybridized carbons (Fsp3) is 0.133. The van der Waals surface area contributed by atoms with E-state index in [0.717, 1.165) is 22.3 Å². The van der Waals surface area contributed by atoms with E-state index in [-0.39, 0.29) is 5.91 Å². The predicted octanol–water partition coefficient (Wildman–Crippen LogP) is 5.01. The number of benzene rings is 2. The van der Waals surface area contributed by atoms with Crippen molar-refractivity contribution in [2.24, 2.45) is 0 Å². The zero-order valence-corrected chi connectivity index (χ0v) is 12.6. The van der Waals surface area contributed by atoms with E-state index in [4.69, 9.17) is 28.6 Å². The minimum atomic E-state index is -0.226. The highest BCUT2D eigenvalue weighted by atomic mass is 35.5. The molecule has 2 aromatic rings. The molecule has 21 heavy (non-hydrogen) atoms. The first kappa shape index (κ1) is 13.9. The lowest BCUT2D eigenvalue weighted by atomic mass is 10.0. The van der Waals surface area contributed by atoms with Crippen LogP contribution in [0.5, 0.6) is 0 Å². The predicted molar refractivity (Wildman–Crippen MR) is 83.8 cm³/mol. The molecule has 1 N–H and O–H groups in total. The Balaban J connectivity index is 2.17. The second kappa shape index (κ2) is 5.03. The van der Waals surface area contributed by atoms with E-state index in [1.54, 1.807) is 18.2 Å². The highest BCUT2D eigenvalue weighted by Gasteiger charge is 2.26. The summed E-state index contributed by atoms with van der Waals surface area (Å²) in [5, 5.41) is 12.4. The number of fused-ring (bicyclic) bond motifs is 3. The van der Waals surface area contributed by atoms with E-state index >= 15 is 0 Å². The summed E-state index contributed by atoms with van der Waals surface area (Å²) in [7, 11) is 0. The Labute approximate surface area is 131 Å². The van der Waals surface area contributed by atoms with Gasteiger partial charge in [0.25, 0.3) is 0 Å². The fourth-order valence-electron chi connectivity index (χ4n) is 2.61. The Hall–Kier alpha value is -2.09. The van der Waals surface area contributed by atoms with Crippen molar-refractivity contribution in [3.8, 4) is 11.1 Å². The van der Waals surface area contributed by atoms with Crippen LogP contribution in [0.25, 0.3) is 16.1 Å². The number of hydrogen-bond donors (Lipinski definition) is 1. The fourth-order valence-corrected chi connectivity index (χ4v) is 3.22. The molecule has 4 nitrogen and oxygen atoms in total. The van der Waals surface area contributed by atoms with Gasteiger partial charge in [-0.2, -0.15) is 0 Å². The van der Waals surface area contributed by atoms with Crippen molar-refractivity contribution in [3.63, 3.8) is 0 Å². The van der Waals surface area contributed by atoms with Crippen LogP contribution in [0.3, 0.4) is 0 Å². The number of anilines is 1. The summed E-state index contributed by atoms with van der Waals surface area (Å²) >= 11 is 12.6. The quantitative estimate of drug-likeness (QED) is 0.641. The summed E-state index contributed by atoms with van der Waals surface area (Å²) in [6, 6.07) is 7.20. The number of amides is 1. The molecule has 0 unspecified atom stereocenters. The van der Waals surface area contributed by atoms with Crippen LogP contribution < -0.4 is 5.32 Å². The van der Waals surface area contributed by atoms with Gasteiger partial charge in [-0.25, -0.2) is 0 Å². The number of halogens is 2. The lowest BCUT2D eigenvalue weighted by Gasteiger charge is -2.12. The molecule has 104 valence electrons. The van der Waals surface area contributed by atoms with E-state index in [1.165, 1.54) is 6.92 Å². The number of hydrogen-bond acceptors (Lipinski definition) is 2. The van der Waals surface area contributed by atoms with Crippen molar-refractivity contribution < 1.29 is 4.79 Å². The molecule has 0 aliphatic heterocycles. The van der Waals surface area contributed by atoms with Crippen molar-refractivity contribution in [2.45, 2.75) is 13.3 Å². The summed E-state index contributed by atoms with van der Waals surface area (Å²) in [6.45, 7) is 1.41. The summed E-state index contributed by atoms with van der Waals surface area (Å²) in [5.41, 5.74) is 4.80. The molecule has 1 amide bonds. The van der Waals surface area contributed by atoms with Crippen LogP contribution >= 0.6 is 23.2 Å². The summed E-state index contributed by atoms with van der Waals surface area (Å²) in [4.78, 5) is 14.4. The van der Waals surface area contributed by atoms with Crippen molar-refractivity contribution in [1.82, 2.24) is 0 Å². The first-order chi connectivity index (χ1) is 10.0. The number of nitrogens with one attached hydrogen (secondary N) is 1. The molecular formula is C15H10Cl2N3O+. The average molecular weight is 319 g/mol. The molecule has 0 aromatic heterocycles. The third-order valence-corrected chi connectivity index (χ3v) is 4.20. The molecule has 6 heteroatoms. The van der Waals surface area contributed by atoms with Crippen LogP contribution in [-0.4, -0.2) is 5.91 Å². The second-order valence-electron chi connectivity index (χ2n) is 4.87. The molecule has 0 atom stereocenters. The average Bonchev–Trinajstić information content (AvgIpc) is 2.81. The molecular weight excluding hydrogens is 309 g/mol. The number of carbonyl (C=O) groups excluding carboxylic acids is 1. The van der Waals surface area contributed by atoms with Gasteiger partial charge in [0.2, 0.25) is 11.3 Å². The number of nitrogens with zero attached hydrogens (tertiary/aromatic N) is 2. The highest BCUT2D eigenvalue weighted by Crippen LogP contribution is 2.46. The Bertz CT molecular complexity index is 825. The molecule has 0 saturated carbocycles. The van der Waals surface area contributed by atoms with Crippen LogP contribution in [0.1, 0.15) is 18.1 Å². The smallest absolute Gasteiger partial charge is 0.324 e. The monoisotopic (exact) mass is 318 g/mol. The topological polar surface area (TPSA) is 57.2 Å². The Morgan fingerprint density at radius 2 is 2.05 bits per heavy atom. The summed E-state index contributed by atoms with van der Waals surface area (Å²) < 4.78 is 0. The lowest BCUT2D eigenvalue weighted by Crippen LogP contribution is -2.07. The van der Waals surface area contributed by atoms with Crippen LogP contribution in [0.4, 0.5) is 11.4 Å². The van der Waals surface area contributed by atoms with Gasteiger partial charge in [0.1, 0.15) is 0 Å². The number of rotatable bonds is 1. The molecule has 0 saturated heterocycles. The Morgan fingerprint density at radius 3 is 2.71 bits per heavy atom. The third-order valence-electron chi connectivity index (χ3n) is 3.48. The zero-order chi connectivity index (χ0) is 15.1.